The summed E-state index contributed by atoms with van der Waals surface area (Å²) >= 11 is 0. The lowest BCUT2D eigenvalue weighted by molar-refractivity contribution is -0.110. The zero-order valence-electron chi connectivity index (χ0n) is 13.2. The summed E-state index contributed by atoms with van der Waals surface area (Å²) in [6.45, 7) is 7.87. The van der Waals surface area contributed by atoms with Gasteiger partial charge < -0.3 is 10.4 Å². The molecule has 0 aliphatic rings. The lowest BCUT2D eigenvalue weighted by Crippen LogP contribution is -2.22. The highest BCUT2D eigenvalue weighted by Gasteiger charge is 2.10. The number of carbonyl (C=O) groups excluding carboxylic acids is 1. The Balaban J connectivity index is 2.98. The maximum absolute atomic E-state index is 10.5. The van der Waals surface area contributed by atoms with E-state index < -0.39 is 0 Å². The van der Waals surface area contributed by atoms with E-state index in [0.29, 0.717) is 6.41 Å². The third-order valence-corrected chi connectivity index (χ3v) is 3.21. The van der Waals surface area contributed by atoms with Gasteiger partial charge in [0.2, 0.25) is 6.41 Å². The van der Waals surface area contributed by atoms with Crippen molar-refractivity contribution in [3.05, 3.63) is 59.8 Å². The summed E-state index contributed by atoms with van der Waals surface area (Å²) in [4.78, 5) is 15.0. The summed E-state index contributed by atoms with van der Waals surface area (Å²) in [5, 5.41) is 11.9. The fourth-order valence-electron chi connectivity index (χ4n) is 2.01. The van der Waals surface area contributed by atoms with Crippen LogP contribution in [0.1, 0.15) is 43.9 Å². The van der Waals surface area contributed by atoms with E-state index in [4.69, 9.17) is 0 Å². The van der Waals surface area contributed by atoms with E-state index in [-0.39, 0.29) is 12.6 Å². The highest BCUT2D eigenvalue weighted by molar-refractivity contribution is 6.12. The minimum Gasteiger partial charge on any atom is -0.394 e. The van der Waals surface area contributed by atoms with Crippen molar-refractivity contribution in [2.75, 3.05) is 6.61 Å². The average molecular weight is 300 g/mol. The molecule has 0 aliphatic heterocycles. The predicted octanol–water partition coefficient (Wildman–Crippen LogP) is 3.15. The lowest BCUT2D eigenvalue weighted by atomic mass is 10.0. The van der Waals surface area contributed by atoms with Gasteiger partial charge in [-0.15, -0.1) is 0 Å². The first-order valence-electron chi connectivity index (χ1n) is 7.43. The number of aliphatic hydroxyl groups excluding tert-OH is 1. The minimum absolute atomic E-state index is 0.140. The standard InChI is InChI=1S/C18H24N2O2/c1-4-5-6-11-19-18(14(2)3)16-9-7-15(8-10-16)17(12-21)20-13-22/h6-11,13,17,21H,2,4-5,12H2,1,3H3,(H,20,22)/b11-6-,19-18?. The molecule has 4 heteroatoms. The van der Waals surface area contributed by atoms with Crippen LogP contribution < -0.4 is 5.32 Å². The predicted molar refractivity (Wildman–Crippen MR) is 90.9 cm³/mol. The number of hydrogen-bond donors (Lipinski definition) is 2. The number of carbonyl (C=O) groups is 1. The molecule has 0 saturated carbocycles. The number of aliphatic imine (C=N–C) groups is 1. The molecule has 1 atom stereocenters. The number of nitrogens with one attached hydrogen (secondary N) is 1. The molecule has 0 radical (unpaired) electrons. The van der Waals surface area contributed by atoms with Crippen molar-refractivity contribution in [3.63, 3.8) is 0 Å². The number of unbranched alkanes of at least 4 members (excludes halogenated alkanes) is 1. The number of allylic oxidation sites excluding steroid dienone is 2. The van der Waals surface area contributed by atoms with Crippen molar-refractivity contribution in [2.24, 2.45) is 4.99 Å². The first kappa shape index (κ1) is 17.9. The Morgan fingerprint density at radius 3 is 2.59 bits per heavy atom. The summed E-state index contributed by atoms with van der Waals surface area (Å²) in [5.74, 6) is 0. The minimum atomic E-state index is -0.388. The third kappa shape index (κ3) is 5.30. The van der Waals surface area contributed by atoms with E-state index in [1.165, 1.54) is 0 Å². The van der Waals surface area contributed by atoms with E-state index >= 15 is 0 Å². The van der Waals surface area contributed by atoms with Crippen molar-refractivity contribution in [1.82, 2.24) is 5.32 Å². The van der Waals surface area contributed by atoms with Crippen molar-refractivity contribution in [1.29, 1.82) is 0 Å². The SMILES string of the molecule is C=C(C)C(=N/C=C\CCC)c1ccc(C(CO)NC=O)cc1. The maximum atomic E-state index is 10.5. The van der Waals surface area contributed by atoms with Gasteiger partial charge in [0.1, 0.15) is 0 Å². The summed E-state index contributed by atoms with van der Waals surface area (Å²) in [6.07, 6.45) is 6.53. The van der Waals surface area contributed by atoms with Gasteiger partial charge in [0, 0.05) is 11.8 Å². The van der Waals surface area contributed by atoms with Gasteiger partial charge in [-0.1, -0.05) is 50.3 Å². The van der Waals surface area contributed by atoms with Crippen LogP contribution in [0.15, 0.2) is 53.7 Å². The Morgan fingerprint density at radius 2 is 2.09 bits per heavy atom. The molecular weight excluding hydrogens is 276 g/mol. The largest absolute Gasteiger partial charge is 0.394 e. The Kier molecular flexibility index (Phi) is 7.86. The van der Waals surface area contributed by atoms with Crippen LogP contribution in [0.25, 0.3) is 0 Å². The topological polar surface area (TPSA) is 61.7 Å². The molecule has 0 bridgehead atoms. The fraction of sp³-hybridized carbons (Fsp3) is 0.333. The van der Waals surface area contributed by atoms with Crippen molar-refractivity contribution < 1.29 is 9.90 Å². The van der Waals surface area contributed by atoms with E-state index in [2.05, 4.69) is 23.8 Å². The molecule has 1 rings (SSSR count). The van der Waals surface area contributed by atoms with Crippen LogP contribution in [0.5, 0.6) is 0 Å². The summed E-state index contributed by atoms with van der Waals surface area (Å²) in [5.41, 5.74) is 3.53. The van der Waals surface area contributed by atoms with Gasteiger partial charge in [-0.2, -0.15) is 0 Å². The zero-order valence-corrected chi connectivity index (χ0v) is 13.2. The number of benzene rings is 1. The van der Waals surface area contributed by atoms with Crippen LogP contribution in [0.2, 0.25) is 0 Å². The van der Waals surface area contributed by atoms with Crippen molar-refractivity contribution in [3.8, 4) is 0 Å². The number of amides is 1. The molecule has 22 heavy (non-hydrogen) atoms. The average Bonchev–Trinajstić information content (AvgIpc) is 2.52. The van der Waals surface area contributed by atoms with E-state index in [1.807, 2.05) is 43.5 Å². The second kappa shape index (κ2) is 9.68. The monoisotopic (exact) mass is 300 g/mol. The summed E-state index contributed by atoms with van der Waals surface area (Å²) in [7, 11) is 0. The Hall–Kier alpha value is -2.20. The van der Waals surface area contributed by atoms with Gasteiger partial charge in [-0.3, -0.25) is 9.79 Å². The number of aliphatic hydroxyl groups is 1. The first-order chi connectivity index (χ1) is 10.6. The Bertz CT molecular complexity index is 545. The van der Waals surface area contributed by atoms with Gasteiger partial charge in [-0.05, 0) is 24.5 Å². The zero-order chi connectivity index (χ0) is 16.4. The number of nitrogens with zero attached hydrogens (tertiary/aromatic N) is 1. The highest BCUT2D eigenvalue weighted by atomic mass is 16.3. The van der Waals surface area contributed by atoms with Crippen LogP contribution in [0.3, 0.4) is 0 Å². The molecule has 0 aliphatic carbocycles. The summed E-state index contributed by atoms with van der Waals surface area (Å²) in [6, 6.07) is 7.21. The quantitative estimate of drug-likeness (QED) is 0.543. The van der Waals surface area contributed by atoms with E-state index in [9.17, 15) is 9.90 Å². The molecule has 2 N–H and O–H groups in total. The van der Waals surface area contributed by atoms with Gasteiger partial charge in [0.05, 0.1) is 18.4 Å². The van der Waals surface area contributed by atoms with Crippen molar-refractivity contribution >= 4 is 12.1 Å². The number of hydrogen-bond acceptors (Lipinski definition) is 3. The third-order valence-electron chi connectivity index (χ3n) is 3.21. The molecular formula is C18H24N2O2. The van der Waals surface area contributed by atoms with Crippen LogP contribution in [0.4, 0.5) is 0 Å². The maximum Gasteiger partial charge on any atom is 0.207 e. The van der Waals surface area contributed by atoms with Crippen LogP contribution >= 0.6 is 0 Å². The second-order valence-corrected chi connectivity index (χ2v) is 5.07. The van der Waals surface area contributed by atoms with Crippen molar-refractivity contribution in [2.45, 2.75) is 32.7 Å². The van der Waals surface area contributed by atoms with Gasteiger partial charge in [-0.25, -0.2) is 0 Å². The van der Waals surface area contributed by atoms with Crippen LogP contribution in [0, 0.1) is 0 Å². The van der Waals surface area contributed by atoms with Crippen LogP contribution in [-0.4, -0.2) is 23.8 Å². The highest BCUT2D eigenvalue weighted by Crippen LogP contribution is 2.16. The molecule has 1 unspecified atom stereocenters. The molecule has 0 saturated heterocycles. The lowest BCUT2D eigenvalue weighted by Gasteiger charge is -2.14. The van der Waals surface area contributed by atoms with Gasteiger partial charge >= 0.3 is 0 Å². The normalized spacial score (nSPS) is 13.1. The molecule has 0 aromatic heterocycles. The Morgan fingerprint density at radius 1 is 1.41 bits per heavy atom. The first-order valence-corrected chi connectivity index (χ1v) is 7.43. The van der Waals surface area contributed by atoms with Gasteiger partial charge in [0.25, 0.3) is 0 Å². The van der Waals surface area contributed by atoms with E-state index in [1.54, 1.807) is 0 Å². The molecule has 0 fully saturated rings. The molecule has 1 aromatic carbocycles. The summed E-state index contributed by atoms with van der Waals surface area (Å²) < 4.78 is 0. The molecule has 1 aromatic rings. The van der Waals surface area contributed by atoms with E-state index in [0.717, 1.165) is 35.3 Å². The van der Waals surface area contributed by atoms with Gasteiger partial charge in [0.15, 0.2) is 0 Å². The molecule has 4 nitrogen and oxygen atoms in total. The molecule has 1 amide bonds. The fourth-order valence-corrected chi connectivity index (χ4v) is 2.01. The smallest absolute Gasteiger partial charge is 0.207 e. The second-order valence-electron chi connectivity index (χ2n) is 5.07. The molecule has 0 spiro atoms. The molecule has 118 valence electrons. The number of rotatable bonds is 9. The molecule has 0 heterocycles. The Labute approximate surface area is 132 Å². The van der Waals surface area contributed by atoms with Crippen LogP contribution in [-0.2, 0) is 4.79 Å².